The van der Waals surface area contributed by atoms with Gasteiger partial charge in [-0.3, -0.25) is 9.48 Å². The van der Waals surface area contributed by atoms with Crippen molar-refractivity contribution in [3.05, 3.63) is 47.3 Å². The molecule has 1 atom stereocenters. The fraction of sp³-hybridized carbons (Fsp3) is 0.444. The molecule has 1 aromatic heterocycles. The molecule has 24 heavy (non-hydrogen) atoms. The molecule has 0 aliphatic rings. The van der Waals surface area contributed by atoms with Crippen LogP contribution in [-0.4, -0.2) is 45.5 Å². The number of aryl methyl sites for hydroxylation is 3. The number of aliphatic hydroxyl groups excluding tert-OH is 1. The molecule has 0 unspecified atom stereocenters. The Hall–Kier alpha value is -2.34. The second kappa shape index (κ2) is 7.97. The van der Waals surface area contributed by atoms with E-state index in [4.69, 9.17) is 4.74 Å². The molecule has 6 heteroatoms. The number of carbonyl (C=O) groups excluding carboxylic acids is 1. The zero-order valence-electron chi connectivity index (χ0n) is 14.7. The maximum absolute atomic E-state index is 12.3. The van der Waals surface area contributed by atoms with Crippen LogP contribution in [0.15, 0.2) is 30.5 Å². The molecule has 0 saturated carbocycles. The molecule has 0 radical (unpaired) electrons. The van der Waals surface area contributed by atoms with Crippen LogP contribution in [0.4, 0.5) is 0 Å². The first-order chi connectivity index (χ1) is 11.4. The SMILES string of the molecule is CCn1cc(CN(C)C(=O)[C@@H](O)COc2ccccc2C)c(C)n1. The Balaban J connectivity index is 1.92. The van der Waals surface area contributed by atoms with Gasteiger partial charge in [-0.1, -0.05) is 18.2 Å². The highest BCUT2D eigenvalue weighted by Gasteiger charge is 2.21. The van der Waals surface area contributed by atoms with E-state index in [1.165, 1.54) is 4.90 Å². The van der Waals surface area contributed by atoms with Gasteiger partial charge < -0.3 is 14.7 Å². The lowest BCUT2D eigenvalue weighted by Gasteiger charge is -2.21. The first kappa shape index (κ1) is 18.0. The van der Waals surface area contributed by atoms with Crippen molar-refractivity contribution in [3.63, 3.8) is 0 Å². The quantitative estimate of drug-likeness (QED) is 0.842. The molecule has 1 heterocycles. The first-order valence-corrected chi connectivity index (χ1v) is 8.06. The van der Waals surface area contributed by atoms with Gasteiger partial charge in [-0.2, -0.15) is 5.10 Å². The number of benzene rings is 1. The molecule has 0 aliphatic carbocycles. The molecule has 6 nitrogen and oxygen atoms in total. The van der Waals surface area contributed by atoms with Crippen LogP contribution in [0.3, 0.4) is 0 Å². The maximum Gasteiger partial charge on any atom is 0.255 e. The van der Waals surface area contributed by atoms with Crippen molar-refractivity contribution in [2.45, 2.75) is 40.0 Å². The largest absolute Gasteiger partial charge is 0.490 e. The molecule has 0 aliphatic heterocycles. The van der Waals surface area contributed by atoms with E-state index in [0.29, 0.717) is 12.3 Å². The van der Waals surface area contributed by atoms with E-state index in [-0.39, 0.29) is 12.5 Å². The Morgan fingerprint density at radius 2 is 2.08 bits per heavy atom. The zero-order valence-corrected chi connectivity index (χ0v) is 14.7. The molecular formula is C18H25N3O3. The summed E-state index contributed by atoms with van der Waals surface area (Å²) in [5, 5.41) is 14.5. The minimum absolute atomic E-state index is 0.0682. The summed E-state index contributed by atoms with van der Waals surface area (Å²) >= 11 is 0. The van der Waals surface area contributed by atoms with Crippen LogP contribution in [0.25, 0.3) is 0 Å². The van der Waals surface area contributed by atoms with Crippen LogP contribution in [0.5, 0.6) is 5.75 Å². The summed E-state index contributed by atoms with van der Waals surface area (Å²) in [6, 6.07) is 7.51. The number of aliphatic hydroxyl groups is 1. The van der Waals surface area contributed by atoms with Crippen LogP contribution < -0.4 is 4.74 Å². The Morgan fingerprint density at radius 1 is 1.38 bits per heavy atom. The lowest BCUT2D eigenvalue weighted by Crippen LogP contribution is -2.39. The molecule has 1 amide bonds. The number of hydrogen-bond donors (Lipinski definition) is 1. The standard InChI is InChI=1S/C18H25N3O3/c1-5-21-11-15(14(3)19-21)10-20(4)18(23)16(22)12-24-17-9-7-6-8-13(17)2/h6-9,11,16,22H,5,10,12H2,1-4H3/t16-/m0/s1. The minimum Gasteiger partial charge on any atom is -0.490 e. The molecule has 2 aromatic rings. The van der Waals surface area contributed by atoms with Gasteiger partial charge in [0.1, 0.15) is 12.4 Å². The summed E-state index contributed by atoms with van der Waals surface area (Å²) in [6.45, 7) is 6.97. The number of ether oxygens (including phenoxy) is 1. The number of hydrogen-bond acceptors (Lipinski definition) is 4. The molecule has 1 N–H and O–H groups in total. The van der Waals surface area contributed by atoms with Gasteiger partial charge >= 0.3 is 0 Å². The molecule has 0 fully saturated rings. The summed E-state index contributed by atoms with van der Waals surface area (Å²) in [5.74, 6) is 0.305. The Morgan fingerprint density at radius 3 is 2.71 bits per heavy atom. The Bertz CT molecular complexity index is 697. The number of likely N-dealkylation sites (N-methyl/N-ethyl adjacent to an activating group) is 1. The minimum atomic E-state index is -1.20. The topological polar surface area (TPSA) is 67.6 Å². The first-order valence-electron chi connectivity index (χ1n) is 8.06. The molecule has 1 aromatic carbocycles. The number of amides is 1. The van der Waals surface area contributed by atoms with Gasteiger partial charge in [-0.05, 0) is 32.4 Å². The monoisotopic (exact) mass is 331 g/mol. The lowest BCUT2D eigenvalue weighted by atomic mass is 10.2. The third-order valence-electron chi connectivity index (χ3n) is 3.93. The third-order valence-corrected chi connectivity index (χ3v) is 3.93. The second-order valence-corrected chi connectivity index (χ2v) is 5.88. The van der Waals surface area contributed by atoms with Gasteiger partial charge in [0.15, 0.2) is 6.10 Å². The van der Waals surface area contributed by atoms with Crippen molar-refractivity contribution in [1.82, 2.24) is 14.7 Å². The number of nitrogens with zero attached hydrogens (tertiary/aromatic N) is 3. The number of rotatable bonds is 7. The summed E-state index contributed by atoms with van der Waals surface area (Å²) in [4.78, 5) is 13.8. The zero-order chi connectivity index (χ0) is 17.7. The van der Waals surface area contributed by atoms with Crippen LogP contribution in [-0.2, 0) is 17.9 Å². The lowest BCUT2D eigenvalue weighted by molar-refractivity contribution is -0.140. The van der Waals surface area contributed by atoms with Crippen LogP contribution in [0, 0.1) is 13.8 Å². The molecule has 2 rings (SSSR count). The van der Waals surface area contributed by atoms with Gasteiger partial charge in [0.2, 0.25) is 0 Å². The Labute approximate surface area is 142 Å². The third kappa shape index (κ3) is 4.35. The van der Waals surface area contributed by atoms with Crippen molar-refractivity contribution in [1.29, 1.82) is 0 Å². The van der Waals surface area contributed by atoms with Gasteiger partial charge in [-0.15, -0.1) is 0 Å². The molecule has 0 bridgehead atoms. The van der Waals surface area contributed by atoms with E-state index in [0.717, 1.165) is 23.4 Å². The molecular weight excluding hydrogens is 306 g/mol. The van der Waals surface area contributed by atoms with Crippen LogP contribution >= 0.6 is 0 Å². The number of aromatic nitrogens is 2. The molecule has 130 valence electrons. The van der Waals surface area contributed by atoms with Crippen molar-refractivity contribution in [2.75, 3.05) is 13.7 Å². The van der Waals surface area contributed by atoms with E-state index in [9.17, 15) is 9.90 Å². The van der Waals surface area contributed by atoms with E-state index in [1.54, 1.807) is 7.05 Å². The average molecular weight is 331 g/mol. The van der Waals surface area contributed by atoms with Crippen molar-refractivity contribution in [3.8, 4) is 5.75 Å². The summed E-state index contributed by atoms with van der Waals surface area (Å²) in [6.07, 6.45) is 0.728. The predicted molar refractivity (Wildman–Crippen MR) is 91.8 cm³/mol. The number of para-hydroxylation sites is 1. The highest BCUT2D eigenvalue weighted by Crippen LogP contribution is 2.16. The van der Waals surface area contributed by atoms with Gasteiger partial charge in [0.25, 0.3) is 5.91 Å². The highest BCUT2D eigenvalue weighted by molar-refractivity contribution is 5.80. The highest BCUT2D eigenvalue weighted by atomic mass is 16.5. The molecule has 0 spiro atoms. The summed E-state index contributed by atoms with van der Waals surface area (Å²) in [5.41, 5.74) is 2.83. The van der Waals surface area contributed by atoms with Crippen LogP contribution in [0.1, 0.15) is 23.7 Å². The van der Waals surface area contributed by atoms with Crippen molar-refractivity contribution >= 4 is 5.91 Å². The van der Waals surface area contributed by atoms with Gasteiger partial charge in [0, 0.05) is 31.9 Å². The predicted octanol–water partition coefficient (Wildman–Crippen LogP) is 1.92. The van der Waals surface area contributed by atoms with Gasteiger partial charge in [-0.25, -0.2) is 0 Å². The van der Waals surface area contributed by atoms with E-state index in [2.05, 4.69) is 5.10 Å². The number of carbonyl (C=O) groups is 1. The van der Waals surface area contributed by atoms with Crippen molar-refractivity contribution < 1.29 is 14.6 Å². The fourth-order valence-corrected chi connectivity index (χ4v) is 2.42. The summed E-state index contributed by atoms with van der Waals surface area (Å²) < 4.78 is 7.39. The smallest absolute Gasteiger partial charge is 0.255 e. The molecule has 0 saturated heterocycles. The van der Waals surface area contributed by atoms with Crippen LogP contribution in [0.2, 0.25) is 0 Å². The fourth-order valence-electron chi connectivity index (χ4n) is 2.42. The average Bonchev–Trinajstić information content (AvgIpc) is 2.93. The van der Waals surface area contributed by atoms with E-state index in [1.807, 2.05) is 55.9 Å². The Kier molecular flexibility index (Phi) is 5.98. The second-order valence-electron chi connectivity index (χ2n) is 5.88. The maximum atomic E-state index is 12.3. The van der Waals surface area contributed by atoms with Gasteiger partial charge in [0.05, 0.1) is 5.69 Å². The summed E-state index contributed by atoms with van der Waals surface area (Å²) in [7, 11) is 1.67. The normalized spacial score (nSPS) is 12.0. The van der Waals surface area contributed by atoms with Crippen molar-refractivity contribution in [2.24, 2.45) is 0 Å². The van der Waals surface area contributed by atoms with E-state index < -0.39 is 6.10 Å². The van der Waals surface area contributed by atoms with E-state index >= 15 is 0 Å².